The maximum absolute atomic E-state index is 11.7. The third-order valence-corrected chi connectivity index (χ3v) is 3.79. The fraction of sp³-hybridized carbons (Fsp3) is 0.562. The van der Waals surface area contributed by atoms with E-state index >= 15 is 0 Å². The number of likely N-dealkylation sites (tertiary alicyclic amines) is 1. The van der Waals surface area contributed by atoms with Crippen LogP contribution in [0.15, 0.2) is 24.3 Å². The highest BCUT2D eigenvalue weighted by Crippen LogP contribution is 2.16. The Balaban J connectivity index is 1.60. The summed E-state index contributed by atoms with van der Waals surface area (Å²) in [4.78, 5) is 13.3. The Hall–Kier alpha value is -1.75. The molecule has 1 saturated heterocycles. The van der Waals surface area contributed by atoms with Gasteiger partial charge in [0.15, 0.2) is 6.61 Å². The smallest absolute Gasteiger partial charge is 0.258 e. The Morgan fingerprint density at radius 3 is 2.48 bits per heavy atom. The van der Waals surface area contributed by atoms with Crippen molar-refractivity contribution >= 4 is 5.91 Å². The van der Waals surface area contributed by atoms with Crippen molar-refractivity contribution in [2.24, 2.45) is 0 Å². The van der Waals surface area contributed by atoms with Crippen molar-refractivity contribution in [1.29, 1.82) is 0 Å². The van der Waals surface area contributed by atoms with Crippen LogP contribution in [-0.2, 0) is 4.79 Å². The Bertz CT molecular complexity index is 428. The van der Waals surface area contributed by atoms with E-state index in [1.165, 1.54) is 32.4 Å². The van der Waals surface area contributed by atoms with Crippen LogP contribution in [0.5, 0.6) is 11.5 Å². The van der Waals surface area contributed by atoms with Crippen LogP contribution in [0.4, 0.5) is 0 Å². The van der Waals surface area contributed by atoms with Crippen LogP contribution < -0.4 is 19.7 Å². The average Bonchev–Trinajstić information content (AvgIpc) is 2.54. The van der Waals surface area contributed by atoms with E-state index in [4.69, 9.17) is 9.47 Å². The van der Waals surface area contributed by atoms with Gasteiger partial charge in [0.2, 0.25) is 0 Å². The van der Waals surface area contributed by atoms with Crippen molar-refractivity contribution in [3.8, 4) is 11.5 Å². The molecule has 2 rings (SSSR count). The molecule has 0 atom stereocenters. The van der Waals surface area contributed by atoms with Gasteiger partial charge < -0.3 is 19.7 Å². The first-order chi connectivity index (χ1) is 10.3. The number of rotatable bonds is 7. The van der Waals surface area contributed by atoms with E-state index in [0.717, 1.165) is 18.8 Å². The van der Waals surface area contributed by atoms with Crippen molar-refractivity contribution in [1.82, 2.24) is 5.32 Å². The van der Waals surface area contributed by atoms with Gasteiger partial charge in [0.1, 0.15) is 11.5 Å². The van der Waals surface area contributed by atoms with E-state index in [0.29, 0.717) is 5.75 Å². The standard InChI is InChI=1S/C16H24N2O3/c1-20-14-5-7-15(8-6-14)21-13-16(19)17-9-12-18-10-3-2-4-11-18/h5-8H,2-4,9-13H2,1H3,(H,17,19)/p+1. The summed E-state index contributed by atoms with van der Waals surface area (Å²) in [6.45, 7) is 4.26. The molecule has 21 heavy (non-hydrogen) atoms. The van der Waals surface area contributed by atoms with Crippen LogP contribution >= 0.6 is 0 Å². The number of ether oxygens (including phenoxy) is 2. The predicted molar refractivity (Wildman–Crippen MR) is 80.9 cm³/mol. The van der Waals surface area contributed by atoms with Gasteiger partial charge in [-0.15, -0.1) is 0 Å². The van der Waals surface area contributed by atoms with Gasteiger partial charge in [-0.05, 0) is 43.5 Å². The molecule has 116 valence electrons. The van der Waals surface area contributed by atoms with Gasteiger partial charge in [0.25, 0.3) is 5.91 Å². The Labute approximate surface area is 126 Å². The summed E-state index contributed by atoms with van der Waals surface area (Å²) in [5, 5.41) is 2.91. The van der Waals surface area contributed by atoms with Crippen LogP contribution in [0.2, 0.25) is 0 Å². The zero-order valence-electron chi connectivity index (χ0n) is 12.7. The van der Waals surface area contributed by atoms with Gasteiger partial charge in [-0.3, -0.25) is 4.79 Å². The number of nitrogens with one attached hydrogen (secondary N) is 2. The number of amides is 1. The summed E-state index contributed by atoms with van der Waals surface area (Å²) in [5.41, 5.74) is 0. The monoisotopic (exact) mass is 293 g/mol. The molecule has 0 aromatic heterocycles. The fourth-order valence-electron chi connectivity index (χ4n) is 2.55. The molecule has 0 spiro atoms. The first kappa shape index (κ1) is 15.6. The number of piperidine rings is 1. The van der Waals surface area contributed by atoms with Gasteiger partial charge in [0, 0.05) is 0 Å². The third kappa shape index (κ3) is 5.63. The second-order valence-electron chi connectivity index (χ2n) is 5.37. The van der Waals surface area contributed by atoms with Crippen LogP contribution in [-0.4, -0.2) is 45.8 Å². The van der Waals surface area contributed by atoms with Crippen LogP contribution in [0, 0.1) is 0 Å². The number of methoxy groups -OCH3 is 1. The number of hydrogen-bond donors (Lipinski definition) is 2. The highest BCUT2D eigenvalue weighted by Gasteiger charge is 2.13. The van der Waals surface area contributed by atoms with Crippen molar-refractivity contribution < 1.29 is 19.2 Å². The summed E-state index contributed by atoms with van der Waals surface area (Å²) in [6, 6.07) is 7.22. The molecule has 5 heteroatoms. The van der Waals surface area contributed by atoms with E-state index in [1.807, 2.05) is 12.1 Å². The molecule has 1 aliphatic heterocycles. The third-order valence-electron chi connectivity index (χ3n) is 3.79. The van der Waals surface area contributed by atoms with Gasteiger partial charge in [-0.2, -0.15) is 0 Å². The highest BCUT2D eigenvalue weighted by molar-refractivity contribution is 5.77. The Morgan fingerprint density at radius 1 is 1.14 bits per heavy atom. The number of carbonyl (C=O) groups is 1. The van der Waals surface area contributed by atoms with Gasteiger partial charge in [-0.1, -0.05) is 0 Å². The number of hydrogen-bond acceptors (Lipinski definition) is 3. The van der Waals surface area contributed by atoms with Crippen LogP contribution in [0.1, 0.15) is 19.3 Å². The molecule has 0 aliphatic carbocycles. The molecule has 0 bridgehead atoms. The second-order valence-corrected chi connectivity index (χ2v) is 5.37. The Morgan fingerprint density at radius 2 is 1.81 bits per heavy atom. The van der Waals surface area contributed by atoms with Crippen molar-refractivity contribution in [3.05, 3.63) is 24.3 Å². The molecule has 1 fully saturated rings. The zero-order valence-corrected chi connectivity index (χ0v) is 12.7. The summed E-state index contributed by atoms with van der Waals surface area (Å²) in [6.07, 6.45) is 3.97. The summed E-state index contributed by atoms with van der Waals surface area (Å²) in [5.74, 6) is 1.38. The SMILES string of the molecule is COc1ccc(OCC(=O)NCC[NH+]2CCCCC2)cc1. The lowest BCUT2D eigenvalue weighted by Crippen LogP contribution is -3.13. The minimum absolute atomic E-state index is 0.0572. The number of carbonyl (C=O) groups excluding carboxylic acids is 1. The van der Waals surface area contributed by atoms with E-state index in [1.54, 1.807) is 24.1 Å². The quantitative estimate of drug-likeness (QED) is 0.758. The maximum Gasteiger partial charge on any atom is 0.258 e. The highest BCUT2D eigenvalue weighted by atomic mass is 16.5. The summed E-state index contributed by atoms with van der Waals surface area (Å²) in [7, 11) is 1.62. The molecular weight excluding hydrogens is 268 g/mol. The topological polar surface area (TPSA) is 52.0 Å². The van der Waals surface area contributed by atoms with E-state index in [9.17, 15) is 4.79 Å². The van der Waals surface area contributed by atoms with E-state index in [-0.39, 0.29) is 12.5 Å². The molecular formula is C16H25N2O3+. The molecule has 0 saturated carbocycles. The zero-order chi connectivity index (χ0) is 14.9. The van der Waals surface area contributed by atoms with Crippen LogP contribution in [0.25, 0.3) is 0 Å². The maximum atomic E-state index is 11.7. The fourth-order valence-corrected chi connectivity index (χ4v) is 2.55. The Kier molecular flexibility index (Phi) is 6.34. The number of quaternary nitrogens is 1. The largest absolute Gasteiger partial charge is 0.497 e. The molecule has 1 heterocycles. The summed E-state index contributed by atoms with van der Waals surface area (Å²) < 4.78 is 10.5. The van der Waals surface area contributed by atoms with Crippen LogP contribution in [0.3, 0.4) is 0 Å². The first-order valence-electron chi connectivity index (χ1n) is 7.65. The number of benzene rings is 1. The predicted octanol–water partition coefficient (Wildman–Crippen LogP) is 0.259. The van der Waals surface area contributed by atoms with Gasteiger partial charge in [-0.25, -0.2) is 0 Å². The second kappa shape index (κ2) is 8.52. The average molecular weight is 293 g/mol. The van der Waals surface area contributed by atoms with Crippen molar-refractivity contribution in [2.75, 3.05) is 39.9 Å². The molecule has 0 unspecified atom stereocenters. The first-order valence-corrected chi connectivity index (χ1v) is 7.65. The lowest BCUT2D eigenvalue weighted by Gasteiger charge is -2.23. The molecule has 0 radical (unpaired) electrons. The normalized spacial score (nSPS) is 15.5. The minimum Gasteiger partial charge on any atom is -0.497 e. The molecule has 5 nitrogen and oxygen atoms in total. The van der Waals surface area contributed by atoms with E-state index < -0.39 is 0 Å². The molecule has 1 aliphatic rings. The van der Waals surface area contributed by atoms with Gasteiger partial charge in [0.05, 0.1) is 33.3 Å². The molecule has 2 N–H and O–H groups in total. The molecule has 1 aromatic rings. The lowest BCUT2D eigenvalue weighted by atomic mass is 10.1. The van der Waals surface area contributed by atoms with Gasteiger partial charge >= 0.3 is 0 Å². The van der Waals surface area contributed by atoms with Crippen molar-refractivity contribution in [3.63, 3.8) is 0 Å². The molecule has 1 aromatic carbocycles. The lowest BCUT2D eigenvalue weighted by molar-refractivity contribution is -0.903. The minimum atomic E-state index is -0.0674. The molecule has 1 amide bonds. The van der Waals surface area contributed by atoms with E-state index in [2.05, 4.69) is 5.32 Å². The summed E-state index contributed by atoms with van der Waals surface area (Å²) >= 11 is 0. The van der Waals surface area contributed by atoms with Crippen molar-refractivity contribution in [2.45, 2.75) is 19.3 Å².